The Bertz CT molecular complexity index is 389. The van der Waals surface area contributed by atoms with Gasteiger partial charge in [-0.05, 0) is 32.4 Å². The van der Waals surface area contributed by atoms with E-state index in [-0.39, 0.29) is 19.0 Å². The molecule has 10 N–H and O–H groups in total. The minimum atomic E-state index is -5.37. The van der Waals surface area contributed by atoms with Crippen LogP contribution in [0.3, 0.4) is 0 Å². The Hall–Kier alpha value is 0.140. The molecule has 0 radical (unpaired) electrons. The minimum Gasteiger partial charge on any atom is -0.368 e. The van der Waals surface area contributed by atoms with Gasteiger partial charge in [-0.15, -0.1) is 0 Å². The highest BCUT2D eigenvalue weighted by Crippen LogP contribution is 2.69. The molecule has 0 aliphatic rings. The van der Waals surface area contributed by atoms with E-state index in [0.717, 1.165) is 19.3 Å². The minimum absolute atomic E-state index is 0.0256. The van der Waals surface area contributed by atoms with Gasteiger partial charge in [0.15, 0.2) is 0 Å². The summed E-state index contributed by atoms with van der Waals surface area (Å²) >= 11 is 0. The normalized spacial score (nSPS) is 15.0. The zero-order valence-corrected chi connectivity index (χ0v) is 14.1. The quantitative estimate of drug-likeness (QED) is 0.154. The standard InChI is InChI=1S/C10H27N3O7P2/c11-6-2-1-4-9(12)8-13-7-3-5-10(14,21(15,16)17)22(18,19)20/h9,13-14H,1-8,11-12H2,(H2,15,16,17)(H2,18,19,20). The van der Waals surface area contributed by atoms with Gasteiger partial charge in [0.25, 0.3) is 5.08 Å². The van der Waals surface area contributed by atoms with E-state index in [9.17, 15) is 14.2 Å². The molecule has 22 heavy (non-hydrogen) atoms. The monoisotopic (exact) mass is 363 g/mol. The summed E-state index contributed by atoms with van der Waals surface area (Å²) in [4.78, 5) is 35.8. The van der Waals surface area contributed by atoms with E-state index in [0.29, 0.717) is 13.1 Å². The van der Waals surface area contributed by atoms with Crippen LogP contribution in [0.25, 0.3) is 0 Å². The van der Waals surface area contributed by atoms with Gasteiger partial charge in [-0.1, -0.05) is 6.42 Å². The average molecular weight is 363 g/mol. The van der Waals surface area contributed by atoms with Crippen molar-refractivity contribution >= 4 is 15.2 Å². The van der Waals surface area contributed by atoms with E-state index in [1.807, 2.05) is 0 Å². The van der Waals surface area contributed by atoms with Crippen molar-refractivity contribution in [2.45, 2.75) is 43.2 Å². The highest BCUT2D eigenvalue weighted by Gasteiger charge is 2.58. The molecule has 0 rings (SSSR count). The van der Waals surface area contributed by atoms with Gasteiger partial charge in [-0.3, -0.25) is 9.13 Å². The molecule has 10 nitrogen and oxygen atoms in total. The lowest BCUT2D eigenvalue weighted by atomic mass is 10.1. The van der Waals surface area contributed by atoms with Crippen molar-refractivity contribution in [2.75, 3.05) is 19.6 Å². The smallest absolute Gasteiger partial charge is 0.368 e. The van der Waals surface area contributed by atoms with Crippen molar-refractivity contribution in [1.29, 1.82) is 0 Å². The van der Waals surface area contributed by atoms with Gasteiger partial charge in [0, 0.05) is 19.0 Å². The second kappa shape index (κ2) is 9.44. The molecule has 0 aromatic heterocycles. The molecule has 1 unspecified atom stereocenters. The lowest BCUT2D eigenvalue weighted by Gasteiger charge is -2.29. The Kier molecular flexibility index (Phi) is 9.50. The van der Waals surface area contributed by atoms with E-state index < -0.39 is 26.7 Å². The van der Waals surface area contributed by atoms with Crippen molar-refractivity contribution in [2.24, 2.45) is 11.5 Å². The Morgan fingerprint density at radius 1 is 1.05 bits per heavy atom. The molecular formula is C10H27N3O7P2. The van der Waals surface area contributed by atoms with Crippen molar-refractivity contribution in [3.8, 4) is 0 Å². The number of hydrogen-bond acceptors (Lipinski definition) is 6. The molecule has 0 aliphatic heterocycles. The lowest BCUT2D eigenvalue weighted by molar-refractivity contribution is 0.121. The van der Waals surface area contributed by atoms with E-state index in [1.165, 1.54) is 0 Å². The molecule has 0 aromatic rings. The number of nitrogens with two attached hydrogens (primary N) is 2. The third-order valence-corrected chi connectivity index (χ3v) is 7.11. The molecule has 0 saturated carbocycles. The van der Waals surface area contributed by atoms with E-state index >= 15 is 0 Å². The molecule has 12 heteroatoms. The van der Waals surface area contributed by atoms with Crippen molar-refractivity contribution < 1.29 is 33.8 Å². The highest BCUT2D eigenvalue weighted by atomic mass is 31.2. The van der Waals surface area contributed by atoms with Crippen LogP contribution in [-0.4, -0.2) is 55.4 Å². The number of aliphatic hydroxyl groups is 1. The summed E-state index contributed by atoms with van der Waals surface area (Å²) in [5.74, 6) is 0. The molecule has 0 aromatic carbocycles. The summed E-state index contributed by atoms with van der Waals surface area (Å²) in [7, 11) is -10.7. The zero-order valence-electron chi connectivity index (χ0n) is 12.3. The fourth-order valence-electron chi connectivity index (χ4n) is 1.85. The molecule has 0 aliphatic carbocycles. The Morgan fingerprint density at radius 2 is 1.59 bits per heavy atom. The number of unbranched alkanes of at least 4 members (excludes halogenated alkanes) is 1. The molecule has 134 valence electrons. The van der Waals surface area contributed by atoms with Gasteiger partial charge >= 0.3 is 15.2 Å². The molecule has 0 amide bonds. The summed E-state index contributed by atoms with van der Waals surface area (Å²) in [5.41, 5.74) is 11.2. The average Bonchev–Trinajstić information content (AvgIpc) is 2.35. The fraction of sp³-hybridized carbons (Fsp3) is 1.00. The summed E-state index contributed by atoms with van der Waals surface area (Å²) in [5, 5.41) is 9.22. The van der Waals surface area contributed by atoms with Crippen molar-refractivity contribution in [3.05, 3.63) is 0 Å². The maximum absolute atomic E-state index is 11.1. The van der Waals surface area contributed by atoms with Crippen molar-refractivity contribution in [1.82, 2.24) is 5.32 Å². The van der Waals surface area contributed by atoms with E-state index in [1.54, 1.807) is 0 Å². The van der Waals surface area contributed by atoms with Gasteiger partial charge in [-0.2, -0.15) is 0 Å². The molecule has 0 spiro atoms. The molecule has 1 atom stereocenters. The molecule has 0 fully saturated rings. The maximum atomic E-state index is 11.1. The van der Waals surface area contributed by atoms with Gasteiger partial charge in [0.2, 0.25) is 0 Å². The zero-order chi connectivity index (χ0) is 17.4. The van der Waals surface area contributed by atoms with Crippen LogP contribution < -0.4 is 16.8 Å². The molecular weight excluding hydrogens is 336 g/mol. The van der Waals surface area contributed by atoms with Gasteiger partial charge in [0.05, 0.1) is 0 Å². The van der Waals surface area contributed by atoms with Crippen LogP contribution in [0.15, 0.2) is 0 Å². The fourth-order valence-corrected chi connectivity index (χ4v) is 4.11. The first kappa shape index (κ1) is 22.1. The van der Waals surface area contributed by atoms with Gasteiger partial charge in [-0.25, -0.2) is 0 Å². The summed E-state index contributed by atoms with van der Waals surface area (Å²) in [6.45, 7) is 1.27. The first-order valence-electron chi connectivity index (χ1n) is 6.95. The second-order valence-electron chi connectivity index (χ2n) is 5.21. The topological polar surface area (TPSA) is 199 Å². The Morgan fingerprint density at radius 3 is 2.05 bits per heavy atom. The number of nitrogens with one attached hydrogen (secondary N) is 1. The number of rotatable bonds is 12. The third kappa shape index (κ3) is 7.14. The SMILES string of the molecule is NCCCCC(N)CNCCCC(O)(P(=O)(O)O)P(=O)(O)O. The summed E-state index contributed by atoms with van der Waals surface area (Å²) in [6.07, 6.45) is 1.80. The van der Waals surface area contributed by atoms with Crippen LogP contribution in [0.4, 0.5) is 0 Å². The Balaban J connectivity index is 4.17. The predicted octanol–water partition coefficient (Wildman–Crippen LogP) is -1.19. The second-order valence-corrected chi connectivity index (χ2v) is 9.22. The predicted molar refractivity (Wildman–Crippen MR) is 82.0 cm³/mol. The van der Waals surface area contributed by atoms with Gasteiger partial charge in [0.1, 0.15) is 0 Å². The molecule has 0 bridgehead atoms. The third-order valence-electron chi connectivity index (χ3n) is 3.23. The summed E-state index contributed by atoms with van der Waals surface area (Å²) in [6, 6.07) is -0.103. The lowest BCUT2D eigenvalue weighted by Crippen LogP contribution is -2.35. The van der Waals surface area contributed by atoms with Crippen molar-refractivity contribution in [3.63, 3.8) is 0 Å². The van der Waals surface area contributed by atoms with Crippen LogP contribution in [0.5, 0.6) is 0 Å². The van der Waals surface area contributed by atoms with Crippen LogP contribution >= 0.6 is 15.2 Å². The number of hydrogen-bond donors (Lipinski definition) is 8. The van der Waals surface area contributed by atoms with E-state index in [4.69, 9.17) is 31.0 Å². The molecule has 0 heterocycles. The first-order chi connectivity index (χ1) is 9.95. The van der Waals surface area contributed by atoms with Gasteiger partial charge < -0.3 is 41.5 Å². The highest BCUT2D eigenvalue weighted by molar-refractivity contribution is 7.72. The summed E-state index contributed by atoms with van der Waals surface area (Å²) < 4.78 is 22.2. The van der Waals surface area contributed by atoms with E-state index in [2.05, 4.69) is 5.32 Å². The Labute approximate surface area is 129 Å². The maximum Gasteiger partial charge on any atom is 0.369 e. The van der Waals surface area contributed by atoms with Crippen LogP contribution in [0.2, 0.25) is 0 Å². The van der Waals surface area contributed by atoms with Crippen LogP contribution in [0, 0.1) is 0 Å². The van der Waals surface area contributed by atoms with Crippen LogP contribution in [-0.2, 0) is 9.13 Å². The largest absolute Gasteiger partial charge is 0.369 e. The molecule has 0 saturated heterocycles. The van der Waals surface area contributed by atoms with Crippen LogP contribution in [0.1, 0.15) is 32.1 Å². The first-order valence-corrected chi connectivity index (χ1v) is 10.2.